The number of rotatable bonds is 11. The molecular formula is C20H34O6P2. The molecule has 0 aliphatic heterocycles. The molecule has 1 aromatic carbocycles. The molecule has 0 saturated carbocycles. The van der Waals surface area contributed by atoms with Gasteiger partial charge in [-0.05, 0) is 30.4 Å². The lowest BCUT2D eigenvalue weighted by Crippen LogP contribution is -2.27. The van der Waals surface area contributed by atoms with E-state index in [0.29, 0.717) is 5.92 Å². The van der Waals surface area contributed by atoms with Gasteiger partial charge in [-0.3, -0.25) is 13.9 Å². The fourth-order valence-electron chi connectivity index (χ4n) is 2.58. The summed E-state index contributed by atoms with van der Waals surface area (Å²) in [5.41, 5.74) is 2.10. The van der Waals surface area contributed by atoms with Gasteiger partial charge >= 0.3 is 5.97 Å². The topological polar surface area (TPSA) is 78.9 Å². The maximum atomic E-state index is 12.4. The molecule has 0 N–H and O–H groups in total. The summed E-state index contributed by atoms with van der Waals surface area (Å²) in [6, 6.07) is 7.95. The lowest BCUT2D eigenvalue weighted by atomic mass is 9.97. The summed E-state index contributed by atoms with van der Waals surface area (Å²) < 4.78 is 39.8. The fourth-order valence-corrected chi connectivity index (χ4v) is 3.95. The Morgan fingerprint density at radius 3 is 1.96 bits per heavy atom. The van der Waals surface area contributed by atoms with Gasteiger partial charge in [-0.15, -0.1) is 0 Å². The number of ether oxygens (including phenoxy) is 1. The van der Waals surface area contributed by atoms with Crippen molar-refractivity contribution in [3.8, 4) is 0 Å². The highest BCUT2D eigenvalue weighted by atomic mass is 31.2. The van der Waals surface area contributed by atoms with Crippen LogP contribution >= 0.6 is 14.7 Å². The van der Waals surface area contributed by atoms with Gasteiger partial charge < -0.3 is 13.8 Å². The summed E-state index contributed by atoms with van der Waals surface area (Å²) in [6.07, 6.45) is 0.254. The van der Waals surface area contributed by atoms with E-state index in [1.54, 1.807) is 6.92 Å². The predicted molar refractivity (Wildman–Crippen MR) is 114 cm³/mol. The fraction of sp³-hybridized carbons (Fsp3) is 0.650. The van der Waals surface area contributed by atoms with Crippen LogP contribution in [0.15, 0.2) is 24.3 Å². The Kier molecular flexibility index (Phi) is 9.62. The minimum absolute atomic E-state index is 0.0541. The molecule has 0 spiro atoms. The van der Waals surface area contributed by atoms with Gasteiger partial charge in [-0.2, -0.15) is 0 Å². The molecule has 8 heteroatoms. The van der Waals surface area contributed by atoms with E-state index in [0.717, 1.165) is 12.0 Å². The maximum absolute atomic E-state index is 12.4. The number of carbonyl (C=O) groups excluding carboxylic acids is 1. The Hall–Kier alpha value is -0.930. The molecule has 28 heavy (non-hydrogen) atoms. The first-order valence-electron chi connectivity index (χ1n) is 9.45. The third-order valence-corrected chi connectivity index (χ3v) is 5.44. The van der Waals surface area contributed by atoms with E-state index in [2.05, 4.69) is 13.8 Å². The van der Waals surface area contributed by atoms with Crippen LogP contribution in [0.1, 0.15) is 37.8 Å². The molecule has 1 rings (SSSR count). The molecule has 0 fully saturated rings. The Bertz CT molecular complexity index is 717. The third kappa shape index (κ3) is 10.6. The van der Waals surface area contributed by atoms with E-state index < -0.39 is 32.7 Å². The third-order valence-electron chi connectivity index (χ3n) is 3.86. The summed E-state index contributed by atoms with van der Waals surface area (Å²) in [7, 11) is -5.55. The van der Waals surface area contributed by atoms with Gasteiger partial charge in [-0.1, -0.05) is 38.1 Å². The molecule has 0 saturated heterocycles. The average Bonchev–Trinajstić information content (AvgIpc) is 2.54. The molecule has 1 aromatic rings. The minimum atomic E-state index is -2.82. The average molecular weight is 432 g/mol. The summed E-state index contributed by atoms with van der Waals surface area (Å²) in [6.45, 7) is 11.9. The Labute approximate surface area is 169 Å². The van der Waals surface area contributed by atoms with E-state index in [1.807, 2.05) is 24.3 Å². The summed E-state index contributed by atoms with van der Waals surface area (Å²) in [5, 5.41) is 0. The molecule has 6 nitrogen and oxygen atoms in total. The van der Waals surface area contributed by atoms with Crippen molar-refractivity contribution in [2.45, 2.75) is 39.2 Å². The highest BCUT2D eigenvalue weighted by molar-refractivity contribution is 7.57. The first-order chi connectivity index (χ1) is 12.8. The van der Waals surface area contributed by atoms with Crippen LogP contribution in [0.5, 0.6) is 0 Å². The highest BCUT2D eigenvalue weighted by Crippen LogP contribution is 2.41. The van der Waals surface area contributed by atoms with Crippen LogP contribution in [0.2, 0.25) is 0 Å². The molecule has 2 unspecified atom stereocenters. The second kappa shape index (κ2) is 10.7. The number of benzene rings is 1. The van der Waals surface area contributed by atoms with E-state index in [-0.39, 0.29) is 13.2 Å². The van der Waals surface area contributed by atoms with Crippen LogP contribution in [0.4, 0.5) is 0 Å². The molecule has 160 valence electrons. The second-order valence-electron chi connectivity index (χ2n) is 8.22. The van der Waals surface area contributed by atoms with Crippen molar-refractivity contribution < 1.29 is 27.7 Å². The number of hydrogen-bond donors (Lipinski definition) is 0. The smallest absolute Gasteiger partial charge is 0.313 e. The molecule has 0 heterocycles. The van der Waals surface area contributed by atoms with Crippen molar-refractivity contribution in [3.63, 3.8) is 0 Å². The number of hydrogen-bond acceptors (Lipinski definition) is 6. The summed E-state index contributed by atoms with van der Waals surface area (Å²) in [5.74, 6) is -0.265. The van der Waals surface area contributed by atoms with Crippen LogP contribution in [0.25, 0.3) is 0 Å². The van der Waals surface area contributed by atoms with Crippen LogP contribution < -0.4 is 0 Å². The SMILES string of the molecule is CC(C)Cc1ccc(C(C)C(=O)OCC(COP(C)(C)=O)OP(C)(C)=O)cc1. The zero-order valence-corrected chi connectivity index (χ0v) is 19.8. The standard InChI is InChI=1S/C20H34O6P2/c1-15(2)12-17-8-10-18(11-9-17)16(3)20(21)24-13-19(26-28(6,7)23)14-25-27(4,5)22/h8-11,15-16,19H,12-14H2,1-7H3. The maximum Gasteiger partial charge on any atom is 0.313 e. The lowest BCUT2D eigenvalue weighted by Gasteiger charge is -2.22. The van der Waals surface area contributed by atoms with Gasteiger partial charge in [0.05, 0.1) is 12.5 Å². The van der Waals surface area contributed by atoms with Crippen molar-refractivity contribution in [3.05, 3.63) is 35.4 Å². The van der Waals surface area contributed by atoms with E-state index in [4.69, 9.17) is 13.8 Å². The van der Waals surface area contributed by atoms with Crippen LogP contribution in [0, 0.1) is 5.92 Å². The van der Waals surface area contributed by atoms with Crippen molar-refractivity contribution in [2.24, 2.45) is 5.92 Å². The first kappa shape index (κ1) is 25.1. The molecule has 2 atom stereocenters. The van der Waals surface area contributed by atoms with Gasteiger partial charge in [0.1, 0.15) is 12.7 Å². The van der Waals surface area contributed by atoms with Gasteiger partial charge in [0.2, 0.25) is 0 Å². The zero-order valence-electron chi connectivity index (χ0n) is 18.0. The van der Waals surface area contributed by atoms with Crippen molar-refractivity contribution in [2.75, 3.05) is 39.9 Å². The molecule has 0 bridgehead atoms. The Morgan fingerprint density at radius 1 is 0.929 bits per heavy atom. The van der Waals surface area contributed by atoms with Gasteiger partial charge in [0.15, 0.2) is 14.7 Å². The molecule has 0 amide bonds. The molecule has 0 aromatic heterocycles. The normalized spacial score (nSPS) is 14.7. The zero-order chi connectivity index (χ0) is 21.5. The Balaban J connectivity index is 2.68. The summed E-state index contributed by atoms with van der Waals surface area (Å²) in [4.78, 5) is 12.4. The summed E-state index contributed by atoms with van der Waals surface area (Å²) >= 11 is 0. The number of carbonyl (C=O) groups is 1. The first-order valence-corrected chi connectivity index (χ1v) is 14.5. The lowest BCUT2D eigenvalue weighted by molar-refractivity contribution is -0.147. The van der Waals surface area contributed by atoms with Gasteiger partial charge in [0, 0.05) is 26.7 Å². The van der Waals surface area contributed by atoms with Crippen molar-refractivity contribution in [1.82, 2.24) is 0 Å². The number of esters is 1. The van der Waals surface area contributed by atoms with E-state index in [1.165, 1.54) is 32.2 Å². The molecule has 0 aliphatic carbocycles. The van der Waals surface area contributed by atoms with Crippen LogP contribution in [0.3, 0.4) is 0 Å². The minimum Gasteiger partial charge on any atom is -0.462 e. The Morgan fingerprint density at radius 2 is 1.50 bits per heavy atom. The van der Waals surface area contributed by atoms with Crippen LogP contribution in [-0.2, 0) is 34.1 Å². The highest BCUT2D eigenvalue weighted by Gasteiger charge is 2.24. The molecule has 0 radical (unpaired) electrons. The van der Waals surface area contributed by atoms with Crippen LogP contribution in [-0.4, -0.2) is 51.9 Å². The quantitative estimate of drug-likeness (QED) is 0.361. The monoisotopic (exact) mass is 432 g/mol. The van der Waals surface area contributed by atoms with E-state index in [9.17, 15) is 13.9 Å². The second-order valence-corrected chi connectivity index (χ2v) is 13.7. The predicted octanol–water partition coefficient (Wildman–Crippen LogP) is 5.01. The van der Waals surface area contributed by atoms with Gasteiger partial charge in [-0.25, -0.2) is 0 Å². The molecular weight excluding hydrogens is 398 g/mol. The largest absolute Gasteiger partial charge is 0.462 e. The molecule has 0 aliphatic rings. The van der Waals surface area contributed by atoms with Gasteiger partial charge in [0.25, 0.3) is 0 Å². The van der Waals surface area contributed by atoms with Crippen molar-refractivity contribution in [1.29, 1.82) is 0 Å². The van der Waals surface area contributed by atoms with E-state index >= 15 is 0 Å². The van der Waals surface area contributed by atoms with Crippen molar-refractivity contribution >= 4 is 20.7 Å².